The SMILES string of the molecule is Cc1cc(NC(=S)Nc2ccn(Cc3ccccc3Cl)n2)nn1Cc1ccc(F)cc1Cl. The van der Waals surface area contributed by atoms with E-state index in [1.165, 1.54) is 12.1 Å². The number of thiocarbonyl (C=S) groups is 1. The predicted molar refractivity (Wildman–Crippen MR) is 130 cm³/mol. The van der Waals surface area contributed by atoms with Gasteiger partial charge in [0, 0.05) is 34.1 Å². The fourth-order valence-electron chi connectivity index (χ4n) is 3.12. The molecule has 164 valence electrons. The maximum Gasteiger partial charge on any atom is 0.177 e. The Kier molecular flexibility index (Phi) is 6.74. The smallest absolute Gasteiger partial charge is 0.177 e. The number of aryl methyl sites for hydroxylation is 1. The molecule has 0 spiro atoms. The quantitative estimate of drug-likeness (QED) is 0.339. The summed E-state index contributed by atoms with van der Waals surface area (Å²) in [7, 11) is 0. The molecule has 0 aliphatic heterocycles. The molecule has 2 aromatic carbocycles. The van der Waals surface area contributed by atoms with Gasteiger partial charge in [-0.2, -0.15) is 10.2 Å². The molecule has 0 saturated heterocycles. The minimum absolute atomic E-state index is 0.359. The molecule has 0 atom stereocenters. The molecule has 0 saturated carbocycles. The Morgan fingerprint density at radius 2 is 1.69 bits per heavy atom. The second-order valence-corrected chi connectivity index (χ2v) is 8.36. The van der Waals surface area contributed by atoms with Crippen LogP contribution >= 0.6 is 35.4 Å². The molecule has 0 bridgehead atoms. The van der Waals surface area contributed by atoms with E-state index in [1.807, 2.05) is 49.5 Å². The molecule has 0 unspecified atom stereocenters. The van der Waals surface area contributed by atoms with Gasteiger partial charge in [-0.05, 0) is 48.5 Å². The average molecular weight is 489 g/mol. The van der Waals surface area contributed by atoms with Gasteiger partial charge < -0.3 is 10.6 Å². The van der Waals surface area contributed by atoms with Crippen molar-refractivity contribution in [3.63, 3.8) is 0 Å². The van der Waals surface area contributed by atoms with Crippen molar-refractivity contribution in [1.29, 1.82) is 0 Å². The summed E-state index contributed by atoms with van der Waals surface area (Å²) in [5, 5.41) is 16.5. The van der Waals surface area contributed by atoms with E-state index >= 15 is 0 Å². The third kappa shape index (κ3) is 5.45. The van der Waals surface area contributed by atoms with Gasteiger partial charge in [0.2, 0.25) is 0 Å². The van der Waals surface area contributed by atoms with Crippen LogP contribution in [0.4, 0.5) is 16.0 Å². The Bertz CT molecular complexity index is 1270. The van der Waals surface area contributed by atoms with Gasteiger partial charge in [-0.1, -0.05) is 47.5 Å². The highest BCUT2D eigenvalue weighted by molar-refractivity contribution is 7.80. The van der Waals surface area contributed by atoms with Crippen LogP contribution in [0.25, 0.3) is 0 Å². The Labute approximate surface area is 200 Å². The molecule has 0 amide bonds. The van der Waals surface area contributed by atoms with E-state index in [0.717, 1.165) is 16.8 Å². The zero-order valence-corrected chi connectivity index (χ0v) is 19.3. The Morgan fingerprint density at radius 3 is 2.47 bits per heavy atom. The van der Waals surface area contributed by atoms with Gasteiger partial charge >= 0.3 is 0 Å². The molecule has 0 aliphatic rings. The first-order valence-corrected chi connectivity index (χ1v) is 10.9. The maximum absolute atomic E-state index is 13.3. The van der Waals surface area contributed by atoms with Crippen LogP contribution in [-0.4, -0.2) is 24.7 Å². The van der Waals surface area contributed by atoms with E-state index in [2.05, 4.69) is 20.8 Å². The highest BCUT2D eigenvalue weighted by atomic mass is 35.5. The van der Waals surface area contributed by atoms with Crippen molar-refractivity contribution < 1.29 is 4.39 Å². The zero-order valence-electron chi connectivity index (χ0n) is 17.0. The second-order valence-electron chi connectivity index (χ2n) is 7.13. The van der Waals surface area contributed by atoms with Crippen LogP contribution < -0.4 is 10.6 Å². The molecule has 0 fully saturated rings. The van der Waals surface area contributed by atoms with Crippen LogP contribution in [0, 0.1) is 12.7 Å². The summed E-state index contributed by atoms with van der Waals surface area (Å²) in [6, 6.07) is 15.6. The molecule has 2 N–H and O–H groups in total. The molecule has 4 aromatic rings. The normalized spacial score (nSPS) is 10.9. The van der Waals surface area contributed by atoms with E-state index in [1.54, 1.807) is 15.4 Å². The highest BCUT2D eigenvalue weighted by Crippen LogP contribution is 2.20. The molecule has 10 heteroatoms. The van der Waals surface area contributed by atoms with Crippen LogP contribution in [-0.2, 0) is 13.1 Å². The second kappa shape index (κ2) is 9.68. The molecule has 2 aromatic heterocycles. The van der Waals surface area contributed by atoms with Crippen molar-refractivity contribution in [3.8, 4) is 0 Å². The first-order valence-electron chi connectivity index (χ1n) is 9.70. The number of benzene rings is 2. The standard InChI is InChI=1S/C22H19Cl2FN6S/c1-14-10-21(29-31(14)13-16-6-7-17(25)11-19(16)24)27-22(32)26-20-8-9-30(28-20)12-15-4-2-3-5-18(15)23/h2-11H,12-13H2,1H3,(H2,26,27,28,29,32). The van der Waals surface area contributed by atoms with Gasteiger partial charge in [-0.3, -0.25) is 9.36 Å². The predicted octanol–water partition coefficient (Wildman–Crippen LogP) is 5.74. The number of aromatic nitrogens is 4. The van der Waals surface area contributed by atoms with E-state index in [-0.39, 0.29) is 5.82 Å². The Hall–Kier alpha value is -2.94. The summed E-state index contributed by atoms with van der Waals surface area (Å²) >= 11 is 17.7. The topological polar surface area (TPSA) is 59.7 Å². The van der Waals surface area contributed by atoms with Crippen molar-refractivity contribution in [2.75, 3.05) is 10.6 Å². The van der Waals surface area contributed by atoms with Crippen molar-refractivity contribution in [1.82, 2.24) is 19.6 Å². The average Bonchev–Trinajstić information content (AvgIpc) is 3.31. The first kappa shape index (κ1) is 22.3. The Morgan fingerprint density at radius 1 is 0.938 bits per heavy atom. The Balaban J connectivity index is 1.37. The highest BCUT2D eigenvalue weighted by Gasteiger charge is 2.10. The van der Waals surface area contributed by atoms with Crippen LogP contribution in [0.15, 0.2) is 60.8 Å². The van der Waals surface area contributed by atoms with Gasteiger partial charge in [0.1, 0.15) is 5.82 Å². The summed E-state index contributed by atoms with van der Waals surface area (Å²) in [5.74, 6) is 0.807. The third-order valence-electron chi connectivity index (χ3n) is 4.73. The van der Waals surface area contributed by atoms with Gasteiger partial charge in [-0.25, -0.2) is 4.39 Å². The molecule has 0 radical (unpaired) electrons. The largest absolute Gasteiger partial charge is 0.316 e. The lowest BCUT2D eigenvalue weighted by Gasteiger charge is -2.08. The fourth-order valence-corrected chi connectivity index (χ4v) is 3.76. The van der Waals surface area contributed by atoms with E-state index in [0.29, 0.717) is 39.9 Å². The molecule has 6 nitrogen and oxygen atoms in total. The third-order valence-corrected chi connectivity index (χ3v) is 5.66. The number of hydrogen-bond donors (Lipinski definition) is 2. The summed E-state index contributed by atoms with van der Waals surface area (Å²) < 4.78 is 16.8. The van der Waals surface area contributed by atoms with Crippen molar-refractivity contribution >= 4 is 52.2 Å². The number of rotatable bonds is 6. The molecule has 2 heterocycles. The lowest BCUT2D eigenvalue weighted by Crippen LogP contribution is -2.20. The molecular formula is C22H19Cl2FN6S. The van der Waals surface area contributed by atoms with Crippen molar-refractivity contribution in [3.05, 3.63) is 93.5 Å². The van der Waals surface area contributed by atoms with Gasteiger partial charge in [0.25, 0.3) is 0 Å². The number of halogens is 3. The summed E-state index contributed by atoms with van der Waals surface area (Å²) in [5.41, 5.74) is 2.65. The zero-order chi connectivity index (χ0) is 22.7. The number of anilines is 2. The minimum Gasteiger partial charge on any atom is -0.316 e. The number of hydrogen-bond acceptors (Lipinski definition) is 3. The van der Waals surface area contributed by atoms with Gasteiger partial charge in [0.05, 0.1) is 13.1 Å². The van der Waals surface area contributed by atoms with Crippen LogP contribution in [0.3, 0.4) is 0 Å². The molecular weight excluding hydrogens is 470 g/mol. The van der Waals surface area contributed by atoms with E-state index in [4.69, 9.17) is 35.4 Å². The number of nitrogens with one attached hydrogen (secondary N) is 2. The maximum atomic E-state index is 13.3. The summed E-state index contributed by atoms with van der Waals surface area (Å²) in [6.07, 6.45) is 1.85. The van der Waals surface area contributed by atoms with Crippen LogP contribution in [0.1, 0.15) is 16.8 Å². The van der Waals surface area contributed by atoms with Crippen LogP contribution in [0.2, 0.25) is 10.0 Å². The molecule has 32 heavy (non-hydrogen) atoms. The van der Waals surface area contributed by atoms with E-state index < -0.39 is 0 Å². The monoisotopic (exact) mass is 488 g/mol. The van der Waals surface area contributed by atoms with Crippen molar-refractivity contribution in [2.24, 2.45) is 0 Å². The minimum atomic E-state index is -0.371. The van der Waals surface area contributed by atoms with Gasteiger partial charge in [-0.15, -0.1) is 0 Å². The summed E-state index contributed by atoms with van der Waals surface area (Å²) in [6.45, 7) is 2.89. The lowest BCUT2D eigenvalue weighted by molar-refractivity contribution is 0.623. The number of nitrogens with zero attached hydrogens (tertiary/aromatic N) is 4. The van der Waals surface area contributed by atoms with Crippen LogP contribution in [0.5, 0.6) is 0 Å². The summed E-state index contributed by atoms with van der Waals surface area (Å²) in [4.78, 5) is 0. The van der Waals surface area contributed by atoms with E-state index in [9.17, 15) is 4.39 Å². The van der Waals surface area contributed by atoms with Gasteiger partial charge in [0.15, 0.2) is 16.7 Å². The fraction of sp³-hybridized carbons (Fsp3) is 0.136. The van der Waals surface area contributed by atoms with Crippen molar-refractivity contribution in [2.45, 2.75) is 20.0 Å². The first-order chi connectivity index (χ1) is 15.4. The molecule has 0 aliphatic carbocycles. The lowest BCUT2D eigenvalue weighted by atomic mass is 10.2. The molecule has 4 rings (SSSR count).